The lowest BCUT2D eigenvalue weighted by Gasteiger charge is -2.22. The van der Waals surface area contributed by atoms with Crippen LogP contribution in [0, 0.1) is 5.92 Å². The van der Waals surface area contributed by atoms with Crippen LogP contribution in [-0.4, -0.2) is 6.04 Å². The third-order valence-electron chi connectivity index (χ3n) is 4.49. The number of halogens is 1. The molecule has 3 heteroatoms. The van der Waals surface area contributed by atoms with E-state index in [-0.39, 0.29) is 0 Å². The number of nitrogens with one attached hydrogen (secondary N) is 1. The molecule has 1 N–H and O–H groups in total. The van der Waals surface area contributed by atoms with Crippen molar-refractivity contribution in [2.75, 3.05) is 0 Å². The lowest BCUT2D eigenvalue weighted by atomic mass is 9.97. The summed E-state index contributed by atoms with van der Waals surface area (Å²) in [5, 5.41) is 5.90. The van der Waals surface area contributed by atoms with Crippen molar-refractivity contribution in [1.82, 2.24) is 5.32 Å². The first-order chi connectivity index (χ1) is 9.75. The molecule has 1 nitrogen and oxygen atoms in total. The second-order valence-corrected chi connectivity index (χ2v) is 7.45. The van der Waals surface area contributed by atoms with Crippen LogP contribution in [0.15, 0.2) is 24.3 Å². The summed E-state index contributed by atoms with van der Waals surface area (Å²) in [5.41, 5.74) is 0. The highest BCUT2D eigenvalue weighted by molar-refractivity contribution is 7.19. The standard InChI is InChI=1S/C17H22ClNS/c1-12-7-3-2-4-9-14(12)19-11-16-17(18)13-8-5-6-10-15(13)20-16/h5-6,8,10,12,14,19H,2-4,7,9,11H2,1H3. The first-order valence-electron chi connectivity index (χ1n) is 7.65. The number of thiophene rings is 1. The Morgan fingerprint density at radius 2 is 2.00 bits per heavy atom. The molecular weight excluding hydrogens is 286 g/mol. The second kappa shape index (κ2) is 6.46. The molecule has 0 bridgehead atoms. The monoisotopic (exact) mass is 307 g/mol. The van der Waals surface area contributed by atoms with E-state index in [4.69, 9.17) is 11.6 Å². The molecule has 1 aromatic heterocycles. The van der Waals surface area contributed by atoms with Crippen LogP contribution in [-0.2, 0) is 6.54 Å². The molecule has 2 unspecified atom stereocenters. The maximum Gasteiger partial charge on any atom is 0.0636 e. The quantitative estimate of drug-likeness (QED) is 0.726. The zero-order valence-electron chi connectivity index (χ0n) is 12.0. The van der Waals surface area contributed by atoms with Crippen molar-refractivity contribution in [3.8, 4) is 0 Å². The van der Waals surface area contributed by atoms with E-state index in [1.54, 1.807) is 0 Å². The summed E-state index contributed by atoms with van der Waals surface area (Å²) in [6.07, 6.45) is 6.82. The molecule has 0 radical (unpaired) electrons. The van der Waals surface area contributed by atoms with Crippen molar-refractivity contribution in [3.63, 3.8) is 0 Å². The molecule has 1 saturated carbocycles. The Kier molecular flexibility index (Phi) is 4.65. The molecule has 1 fully saturated rings. The van der Waals surface area contributed by atoms with Crippen molar-refractivity contribution >= 4 is 33.0 Å². The highest BCUT2D eigenvalue weighted by Gasteiger charge is 2.20. The van der Waals surface area contributed by atoms with E-state index in [1.807, 2.05) is 11.3 Å². The van der Waals surface area contributed by atoms with Crippen molar-refractivity contribution < 1.29 is 0 Å². The van der Waals surface area contributed by atoms with E-state index in [0.717, 1.165) is 17.5 Å². The van der Waals surface area contributed by atoms with Gasteiger partial charge in [0.25, 0.3) is 0 Å². The van der Waals surface area contributed by atoms with Gasteiger partial charge in [-0.1, -0.05) is 56.0 Å². The Labute approximate surface area is 130 Å². The van der Waals surface area contributed by atoms with Crippen LogP contribution in [0.2, 0.25) is 5.02 Å². The molecule has 2 aromatic rings. The Balaban J connectivity index is 1.71. The fourth-order valence-electron chi connectivity index (χ4n) is 3.20. The highest BCUT2D eigenvalue weighted by atomic mass is 35.5. The summed E-state index contributed by atoms with van der Waals surface area (Å²) in [6, 6.07) is 9.07. The summed E-state index contributed by atoms with van der Waals surface area (Å²) in [4.78, 5) is 1.28. The molecule has 3 rings (SSSR count). The lowest BCUT2D eigenvalue weighted by molar-refractivity contribution is 0.357. The Bertz CT molecular complexity index is 577. The molecule has 108 valence electrons. The molecule has 0 saturated heterocycles. The van der Waals surface area contributed by atoms with Crippen LogP contribution >= 0.6 is 22.9 Å². The van der Waals surface area contributed by atoms with Gasteiger partial charge >= 0.3 is 0 Å². The predicted octanol–water partition coefficient (Wildman–Crippen LogP) is 5.61. The van der Waals surface area contributed by atoms with Crippen molar-refractivity contribution in [1.29, 1.82) is 0 Å². The molecule has 1 heterocycles. The van der Waals surface area contributed by atoms with Crippen LogP contribution in [0.25, 0.3) is 10.1 Å². The molecule has 1 aromatic carbocycles. The summed E-state index contributed by atoms with van der Waals surface area (Å²) in [7, 11) is 0. The van der Waals surface area contributed by atoms with Crippen molar-refractivity contribution in [3.05, 3.63) is 34.2 Å². The predicted molar refractivity (Wildman–Crippen MR) is 89.7 cm³/mol. The summed E-state index contributed by atoms with van der Waals surface area (Å²) in [6.45, 7) is 3.29. The maximum absolute atomic E-state index is 6.51. The van der Waals surface area contributed by atoms with Gasteiger partial charge in [-0.05, 0) is 24.8 Å². The molecule has 0 aliphatic heterocycles. The van der Waals surface area contributed by atoms with Gasteiger partial charge in [0, 0.05) is 27.5 Å². The van der Waals surface area contributed by atoms with Gasteiger partial charge in [0.1, 0.15) is 0 Å². The molecule has 1 aliphatic rings. The van der Waals surface area contributed by atoms with E-state index < -0.39 is 0 Å². The van der Waals surface area contributed by atoms with E-state index in [1.165, 1.54) is 47.1 Å². The topological polar surface area (TPSA) is 12.0 Å². The SMILES string of the molecule is CC1CCCCCC1NCc1sc2ccccc2c1Cl. The van der Waals surface area contributed by atoms with Crippen LogP contribution in [0.5, 0.6) is 0 Å². The third-order valence-corrected chi connectivity index (χ3v) is 6.20. The zero-order chi connectivity index (χ0) is 13.9. The van der Waals surface area contributed by atoms with Crippen LogP contribution in [0.3, 0.4) is 0 Å². The minimum atomic E-state index is 0.652. The number of hydrogen-bond acceptors (Lipinski definition) is 2. The Morgan fingerprint density at radius 3 is 2.85 bits per heavy atom. The van der Waals surface area contributed by atoms with Crippen LogP contribution in [0.4, 0.5) is 0 Å². The lowest BCUT2D eigenvalue weighted by Crippen LogP contribution is -2.33. The maximum atomic E-state index is 6.51. The fourth-order valence-corrected chi connectivity index (χ4v) is 4.65. The number of rotatable bonds is 3. The van der Waals surface area contributed by atoms with Gasteiger partial charge in [-0.25, -0.2) is 0 Å². The summed E-state index contributed by atoms with van der Waals surface area (Å²) >= 11 is 8.34. The summed E-state index contributed by atoms with van der Waals surface area (Å²) in [5.74, 6) is 0.783. The smallest absolute Gasteiger partial charge is 0.0636 e. The van der Waals surface area contributed by atoms with E-state index >= 15 is 0 Å². The normalized spacial score (nSPS) is 23.9. The van der Waals surface area contributed by atoms with Gasteiger partial charge in [0.05, 0.1) is 5.02 Å². The highest BCUT2D eigenvalue weighted by Crippen LogP contribution is 2.35. The minimum absolute atomic E-state index is 0.652. The minimum Gasteiger partial charge on any atom is -0.309 e. The number of fused-ring (bicyclic) bond motifs is 1. The van der Waals surface area contributed by atoms with Gasteiger partial charge in [0.15, 0.2) is 0 Å². The molecule has 1 aliphatic carbocycles. The summed E-state index contributed by atoms with van der Waals surface area (Å²) < 4.78 is 1.29. The number of hydrogen-bond donors (Lipinski definition) is 1. The molecule has 20 heavy (non-hydrogen) atoms. The first-order valence-corrected chi connectivity index (χ1v) is 8.84. The van der Waals surface area contributed by atoms with Crippen LogP contribution in [0.1, 0.15) is 43.9 Å². The van der Waals surface area contributed by atoms with Crippen molar-refractivity contribution in [2.24, 2.45) is 5.92 Å². The zero-order valence-corrected chi connectivity index (χ0v) is 13.6. The molecule has 0 amide bonds. The molecule has 0 spiro atoms. The average molecular weight is 308 g/mol. The second-order valence-electron chi connectivity index (χ2n) is 5.94. The van der Waals surface area contributed by atoms with Gasteiger partial charge in [0.2, 0.25) is 0 Å². The first kappa shape index (κ1) is 14.4. The van der Waals surface area contributed by atoms with E-state index in [2.05, 4.69) is 36.5 Å². The van der Waals surface area contributed by atoms with Gasteiger partial charge in [-0.3, -0.25) is 0 Å². The average Bonchev–Trinajstić information content (AvgIpc) is 2.64. The van der Waals surface area contributed by atoms with Gasteiger partial charge in [-0.15, -0.1) is 11.3 Å². The molecule has 2 atom stereocenters. The number of benzene rings is 1. The van der Waals surface area contributed by atoms with Crippen LogP contribution < -0.4 is 5.32 Å². The van der Waals surface area contributed by atoms with Gasteiger partial charge < -0.3 is 5.32 Å². The Hall–Kier alpha value is -0.570. The fraction of sp³-hybridized carbons (Fsp3) is 0.529. The largest absolute Gasteiger partial charge is 0.309 e. The van der Waals surface area contributed by atoms with Crippen molar-refractivity contribution in [2.45, 2.75) is 51.6 Å². The van der Waals surface area contributed by atoms with Gasteiger partial charge in [-0.2, -0.15) is 0 Å². The third kappa shape index (κ3) is 3.03. The molecular formula is C17H22ClNS. The van der Waals surface area contributed by atoms with E-state index in [0.29, 0.717) is 6.04 Å². The van der Waals surface area contributed by atoms with E-state index in [9.17, 15) is 0 Å². The Morgan fingerprint density at radius 1 is 1.20 bits per heavy atom.